The van der Waals surface area contributed by atoms with Crippen LogP contribution in [0, 0.1) is 0 Å². The van der Waals surface area contributed by atoms with Gasteiger partial charge in [0.05, 0.1) is 0 Å². The van der Waals surface area contributed by atoms with Crippen molar-refractivity contribution in [1.82, 2.24) is 4.98 Å². The molecule has 0 saturated carbocycles. The largest absolute Gasteiger partial charge is 0.508 e. The van der Waals surface area contributed by atoms with Crippen molar-refractivity contribution in [2.24, 2.45) is 5.73 Å². The zero-order valence-corrected chi connectivity index (χ0v) is 8.47. The molecule has 0 atom stereocenters. The smallest absolute Gasteiger partial charge is 0.116 e. The van der Waals surface area contributed by atoms with E-state index in [2.05, 4.69) is 4.98 Å². The van der Waals surface area contributed by atoms with Gasteiger partial charge in [0, 0.05) is 17.1 Å². The molecular weight excluding hydrogens is 203 g/mol. The molecule has 0 aliphatic heterocycles. The lowest BCUT2D eigenvalue weighted by molar-refractivity contribution is 0.476. The standard InChI is InChI=1S/C10H12N2O.ClH/c11-4-3-7-6-12-10-2-1-8(13)5-9(7)10;/h1-2,5-6,12-13H,3-4,11H2;1H/i3+1,4+1,11+1;. The van der Waals surface area contributed by atoms with Gasteiger partial charge in [-0.25, -0.2) is 0 Å². The lowest BCUT2D eigenvalue weighted by Gasteiger charge is -1.96. The average Bonchev–Trinajstić information content (AvgIpc) is 2.49. The van der Waals surface area contributed by atoms with E-state index < -0.39 is 0 Å². The first-order chi connectivity index (χ1) is 6.31. The Morgan fingerprint density at radius 2 is 2.14 bits per heavy atom. The van der Waals surface area contributed by atoms with E-state index in [1.165, 1.54) is 0 Å². The molecule has 4 N–H and O–H groups in total. The van der Waals surface area contributed by atoms with E-state index in [4.69, 9.17) is 5.73 Å². The number of phenols is 1. The average molecular weight is 216 g/mol. The number of hydrogen-bond acceptors (Lipinski definition) is 2. The summed E-state index contributed by atoms with van der Waals surface area (Å²) in [6, 6.07) is 5.30. The molecule has 0 saturated heterocycles. The number of halogens is 1. The van der Waals surface area contributed by atoms with Gasteiger partial charge < -0.3 is 15.8 Å². The maximum absolute atomic E-state index is 9.30. The number of phenolic OH excluding ortho intramolecular Hbond substituents is 1. The van der Waals surface area contributed by atoms with E-state index >= 15 is 0 Å². The van der Waals surface area contributed by atoms with Crippen molar-refractivity contribution < 1.29 is 5.11 Å². The normalized spacial score (nSPS) is 10.1. The van der Waals surface area contributed by atoms with Crippen molar-refractivity contribution >= 4 is 23.3 Å². The van der Waals surface area contributed by atoms with Crippen LogP contribution < -0.4 is 5.73 Å². The third-order valence-electron chi connectivity index (χ3n) is 2.16. The summed E-state index contributed by atoms with van der Waals surface area (Å²) in [6.45, 7) is 0.628. The second-order valence-corrected chi connectivity index (χ2v) is 3.08. The fourth-order valence-electron chi connectivity index (χ4n) is 1.53. The zero-order chi connectivity index (χ0) is 9.26. The maximum atomic E-state index is 9.30. The minimum Gasteiger partial charge on any atom is -0.508 e. The molecule has 0 radical (unpaired) electrons. The first kappa shape index (κ1) is 10.9. The molecule has 0 aliphatic rings. The first-order valence-electron chi connectivity index (χ1n) is 4.30. The monoisotopic (exact) mass is 215 g/mol. The number of aromatic hydroxyl groups is 1. The second-order valence-electron chi connectivity index (χ2n) is 3.08. The molecule has 0 fully saturated rings. The predicted molar refractivity (Wildman–Crippen MR) is 60.0 cm³/mol. The number of benzene rings is 1. The van der Waals surface area contributed by atoms with E-state index in [1.54, 1.807) is 12.1 Å². The third-order valence-corrected chi connectivity index (χ3v) is 2.16. The summed E-state index contributed by atoms with van der Waals surface area (Å²) in [5.41, 5.74) is 7.68. The minimum atomic E-state index is 0. The van der Waals surface area contributed by atoms with Gasteiger partial charge in [0.1, 0.15) is 5.75 Å². The predicted octanol–water partition coefficient (Wildman–Crippen LogP) is 1.80. The van der Waals surface area contributed by atoms with Crippen molar-refractivity contribution in [3.8, 4) is 5.75 Å². The van der Waals surface area contributed by atoms with Crippen LogP contribution in [0.4, 0.5) is 0 Å². The molecule has 1 heterocycles. The Bertz CT molecular complexity index is 425. The molecule has 2 aromatic rings. The van der Waals surface area contributed by atoms with Gasteiger partial charge in [-0.2, -0.15) is 0 Å². The number of fused-ring (bicyclic) bond motifs is 1. The molecule has 76 valence electrons. The van der Waals surface area contributed by atoms with Crippen molar-refractivity contribution in [2.45, 2.75) is 6.42 Å². The summed E-state index contributed by atoms with van der Waals surface area (Å²) in [6.07, 6.45) is 2.78. The van der Waals surface area contributed by atoms with Crippen LogP contribution in [0.5, 0.6) is 5.75 Å². The van der Waals surface area contributed by atoms with Gasteiger partial charge in [-0.3, -0.25) is 0 Å². The Balaban J connectivity index is 0.000000980. The van der Waals surface area contributed by atoms with Crippen LogP contribution in [0.3, 0.4) is 0 Å². The van der Waals surface area contributed by atoms with Crippen molar-refractivity contribution in [3.05, 3.63) is 30.0 Å². The van der Waals surface area contributed by atoms with Crippen LogP contribution in [0.25, 0.3) is 10.9 Å². The summed E-state index contributed by atoms with van der Waals surface area (Å²) in [5, 5.41) is 10.4. The highest BCUT2D eigenvalue weighted by molar-refractivity contribution is 5.85. The highest BCUT2D eigenvalue weighted by Crippen LogP contribution is 2.22. The molecule has 0 bridgehead atoms. The van der Waals surface area contributed by atoms with Gasteiger partial charge in [0.25, 0.3) is 0 Å². The third kappa shape index (κ3) is 1.84. The number of nitrogens with two attached hydrogens (primary N) is 1. The van der Waals surface area contributed by atoms with Gasteiger partial charge in [-0.15, -0.1) is 12.4 Å². The summed E-state index contributed by atoms with van der Waals surface area (Å²) in [7, 11) is 0. The van der Waals surface area contributed by atoms with Gasteiger partial charge >= 0.3 is 0 Å². The number of aromatic nitrogens is 1. The van der Waals surface area contributed by atoms with Crippen molar-refractivity contribution in [3.63, 3.8) is 0 Å². The van der Waals surface area contributed by atoms with Crippen LogP contribution >= 0.6 is 12.4 Å². The van der Waals surface area contributed by atoms with E-state index in [9.17, 15) is 5.11 Å². The first-order valence-corrected chi connectivity index (χ1v) is 4.30. The lowest BCUT2D eigenvalue weighted by Crippen LogP contribution is -2.01. The topological polar surface area (TPSA) is 62.0 Å². The van der Waals surface area contributed by atoms with Gasteiger partial charge in [0.2, 0.25) is 0 Å². The fraction of sp³-hybridized carbons (Fsp3) is 0.200. The summed E-state index contributed by atoms with van der Waals surface area (Å²) in [5.74, 6) is 0.297. The van der Waals surface area contributed by atoms with Crippen LogP contribution in [-0.4, -0.2) is 16.6 Å². The highest BCUT2D eigenvalue weighted by atomic mass is 35.5. The molecular formula is C10H13ClN2O. The fourth-order valence-corrected chi connectivity index (χ4v) is 1.53. The second kappa shape index (κ2) is 4.35. The number of H-pyrrole nitrogens is 1. The number of hydrogen-bond donors (Lipinski definition) is 3. The van der Waals surface area contributed by atoms with E-state index in [-0.39, 0.29) is 12.4 Å². The van der Waals surface area contributed by atoms with Gasteiger partial charge in [0.15, 0.2) is 0 Å². The molecule has 2 rings (SSSR count). The van der Waals surface area contributed by atoms with Gasteiger partial charge in [-0.05, 0) is 36.7 Å². The van der Waals surface area contributed by atoms with Crippen LogP contribution in [0.2, 0.25) is 0 Å². The molecule has 0 spiro atoms. The lowest BCUT2D eigenvalue weighted by atomic mass is 10.2. The number of nitrogens with one attached hydrogen (secondary N) is 1. The van der Waals surface area contributed by atoms with E-state index in [1.807, 2.05) is 12.3 Å². The molecule has 1 aromatic carbocycles. The summed E-state index contributed by atoms with van der Waals surface area (Å²) < 4.78 is 0. The number of aromatic amines is 1. The molecule has 4 heteroatoms. The Labute approximate surface area is 88.3 Å². The van der Waals surface area contributed by atoms with Crippen molar-refractivity contribution in [1.29, 1.82) is 0 Å². The maximum Gasteiger partial charge on any atom is 0.116 e. The summed E-state index contributed by atoms with van der Waals surface area (Å²) >= 11 is 0. The molecule has 1 aromatic heterocycles. The summed E-state index contributed by atoms with van der Waals surface area (Å²) in [4.78, 5) is 3.13. The molecule has 0 unspecified atom stereocenters. The Hall–Kier alpha value is -1.19. The minimum absolute atomic E-state index is 0. The van der Waals surface area contributed by atoms with Crippen LogP contribution in [0.1, 0.15) is 5.56 Å². The Kier molecular flexibility index (Phi) is 3.38. The Morgan fingerprint density at radius 1 is 1.36 bits per heavy atom. The quantitative estimate of drug-likeness (QED) is 0.529. The SMILES string of the molecule is Cl.[15NH2][13CH2][13CH2]c1c[nH]c2ccc(O)cc12. The highest BCUT2D eigenvalue weighted by Gasteiger charge is 2.02. The van der Waals surface area contributed by atoms with Crippen LogP contribution in [0.15, 0.2) is 24.4 Å². The van der Waals surface area contributed by atoms with Crippen molar-refractivity contribution in [2.75, 3.05) is 6.54 Å². The molecule has 14 heavy (non-hydrogen) atoms. The Morgan fingerprint density at radius 3 is 2.86 bits per heavy atom. The van der Waals surface area contributed by atoms with Crippen LogP contribution in [-0.2, 0) is 6.42 Å². The zero-order valence-electron chi connectivity index (χ0n) is 7.66. The molecule has 3 nitrogen and oxygen atoms in total. The number of rotatable bonds is 2. The van der Waals surface area contributed by atoms with E-state index in [0.29, 0.717) is 12.3 Å². The van der Waals surface area contributed by atoms with Gasteiger partial charge in [-0.1, -0.05) is 0 Å². The molecule has 0 aliphatic carbocycles. The molecule has 0 amide bonds. The van der Waals surface area contributed by atoms with E-state index in [0.717, 1.165) is 22.9 Å².